The van der Waals surface area contributed by atoms with Gasteiger partial charge in [-0.2, -0.15) is 0 Å². The number of rotatable bonds is 3. The third-order valence-corrected chi connectivity index (χ3v) is 2.84. The van der Waals surface area contributed by atoms with Crippen molar-refractivity contribution >= 4 is 40.8 Å². The van der Waals surface area contributed by atoms with Crippen LogP contribution in [0, 0.1) is 0 Å². The van der Waals surface area contributed by atoms with Crippen LogP contribution >= 0.6 is 23.2 Å². The van der Waals surface area contributed by atoms with Crippen molar-refractivity contribution in [2.24, 2.45) is 0 Å². The lowest BCUT2D eigenvalue weighted by Gasteiger charge is -2.09. The molecule has 1 aromatic carbocycles. The van der Waals surface area contributed by atoms with E-state index >= 15 is 0 Å². The van der Waals surface area contributed by atoms with Crippen LogP contribution in [0.4, 0.5) is 5.69 Å². The summed E-state index contributed by atoms with van der Waals surface area (Å²) in [4.78, 5) is 30.5. The molecule has 0 saturated carbocycles. The summed E-state index contributed by atoms with van der Waals surface area (Å²) < 4.78 is 0. The first kappa shape index (κ1) is 14.2. The summed E-state index contributed by atoms with van der Waals surface area (Å²) in [7, 11) is 0. The lowest BCUT2D eigenvalue weighted by atomic mass is 10.1. The van der Waals surface area contributed by atoms with E-state index in [9.17, 15) is 9.59 Å². The van der Waals surface area contributed by atoms with Crippen LogP contribution in [0.2, 0.25) is 10.2 Å². The van der Waals surface area contributed by atoms with Gasteiger partial charge in [0.1, 0.15) is 16.4 Å². The van der Waals surface area contributed by atoms with E-state index in [0.717, 1.165) is 0 Å². The SMILES string of the molecule is O=C(Nc1cccc(Cl)c1C(=O)O)c1cnc(Cl)cn1. The van der Waals surface area contributed by atoms with Gasteiger partial charge in [-0.25, -0.2) is 14.8 Å². The Morgan fingerprint density at radius 1 is 1.15 bits per heavy atom. The number of amides is 1. The highest BCUT2D eigenvalue weighted by Crippen LogP contribution is 2.24. The molecule has 2 aromatic rings. The third-order valence-electron chi connectivity index (χ3n) is 2.33. The van der Waals surface area contributed by atoms with Gasteiger partial charge in [0.25, 0.3) is 5.91 Å². The minimum atomic E-state index is -1.24. The number of halogens is 2. The topological polar surface area (TPSA) is 92.2 Å². The fourth-order valence-electron chi connectivity index (χ4n) is 1.46. The fourth-order valence-corrected chi connectivity index (χ4v) is 1.81. The van der Waals surface area contributed by atoms with Gasteiger partial charge in [0.15, 0.2) is 0 Å². The average Bonchev–Trinajstić information content (AvgIpc) is 2.39. The molecular formula is C12H7Cl2N3O3. The summed E-state index contributed by atoms with van der Waals surface area (Å²) in [5, 5.41) is 11.7. The monoisotopic (exact) mass is 311 g/mol. The van der Waals surface area contributed by atoms with Gasteiger partial charge in [0, 0.05) is 0 Å². The Hall–Kier alpha value is -2.18. The zero-order valence-electron chi connectivity index (χ0n) is 9.80. The van der Waals surface area contributed by atoms with Crippen LogP contribution in [0.15, 0.2) is 30.6 Å². The highest BCUT2D eigenvalue weighted by atomic mass is 35.5. The van der Waals surface area contributed by atoms with Crippen molar-refractivity contribution in [3.63, 3.8) is 0 Å². The van der Waals surface area contributed by atoms with Crippen molar-refractivity contribution in [1.82, 2.24) is 9.97 Å². The first-order chi connectivity index (χ1) is 9.49. The van der Waals surface area contributed by atoms with E-state index in [1.807, 2.05) is 0 Å². The number of anilines is 1. The first-order valence-corrected chi connectivity index (χ1v) is 6.05. The highest BCUT2D eigenvalue weighted by Gasteiger charge is 2.17. The predicted octanol–water partition coefficient (Wildman–Crippen LogP) is 2.73. The molecule has 1 amide bonds. The zero-order valence-corrected chi connectivity index (χ0v) is 11.3. The Balaban J connectivity index is 2.30. The van der Waals surface area contributed by atoms with E-state index in [4.69, 9.17) is 28.3 Å². The van der Waals surface area contributed by atoms with Gasteiger partial charge in [-0.3, -0.25) is 4.79 Å². The van der Waals surface area contributed by atoms with Crippen molar-refractivity contribution in [2.45, 2.75) is 0 Å². The Labute approximate surface area is 123 Å². The number of carboxylic acids is 1. The van der Waals surface area contributed by atoms with Crippen LogP contribution in [0.3, 0.4) is 0 Å². The maximum atomic E-state index is 11.9. The Morgan fingerprint density at radius 2 is 1.90 bits per heavy atom. The number of aromatic nitrogens is 2. The number of carbonyl (C=O) groups is 2. The number of carboxylic acid groups (broad SMARTS) is 1. The van der Waals surface area contributed by atoms with E-state index in [0.29, 0.717) is 0 Å². The van der Waals surface area contributed by atoms with E-state index in [1.54, 1.807) is 0 Å². The van der Waals surface area contributed by atoms with Crippen LogP contribution in [-0.2, 0) is 0 Å². The third kappa shape index (κ3) is 3.04. The van der Waals surface area contributed by atoms with Crippen LogP contribution in [0.25, 0.3) is 0 Å². The van der Waals surface area contributed by atoms with Gasteiger partial charge in [-0.1, -0.05) is 29.3 Å². The second kappa shape index (κ2) is 5.85. The van der Waals surface area contributed by atoms with Crippen molar-refractivity contribution in [1.29, 1.82) is 0 Å². The largest absolute Gasteiger partial charge is 0.478 e. The molecule has 6 nitrogen and oxygen atoms in total. The molecule has 0 aliphatic heterocycles. The Bertz CT molecular complexity index is 674. The minimum absolute atomic E-state index is 0.00529. The lowest BCUT2D eigenvalue weighted by molar-refractivity contribution is 0.0698. The molecule has 2 N–H and O–H groups in total. The molecule has 0 unspecified atom stereocenters. The number of hydrogen-bond acceptors (Lipinski definition) is 4. The highest BCUT2D eigenvalue weighted by molar-refractivity contribution is 6.34. The molecule has 102 valence electrons. The molecular weight excluding hydrogens is 305 g/mol. The van der Waals surface area contributed by atoms with E-state index in [-0.39, 0.29) is 27.1 Å². The maximum Gasteiger partial charge on any atom is 0.339 e. The van der Waals surface area contributed by atoms with Gasteiger partial charge in [0.2, 0.25) is 0 Å². The number of carbonyl (C=O) groups excluding carboxylic acids is 1. The normalized spacial score (nSPS) is 10.1. The summed E-state index contributed by atoms with van der Waals surface area (Å²) in [6.45, 7) is 0. The minimum Gasteiger partial charge on any atom is -0.478 e. The van der Waals surface area contributed by atoms with Gasteiger partial charge in [-0.15, -0.1) is 0 Å². The number of nitrogens with zero attached hydrogens (tertiary/aromatic N) is 2. The van der Waals surface area contributed by atoms with E-state index < -0.39 is 11.9 Å². The molecule has 20 heavy (non-hydrogen) atoms. The molecule has 0 atom stereocenters. The summed E-state index contributed by atoms with van der Waals surface area (Å²) in [6, 6.07) is 4.37. The number of nitrogens with one attached hydrogen (secondary N) is 1. The van der Waals surface area contributed by atoms with E-state index in [1.165, 1.54) is 30.6 Å². The molecule has 0 spiro atoms. The van der Waals surface area contributed by atoms with Gasteiger partial charge in [-0.05, 0) is 12.1 Å². The van der Waals surface area contributed by atoms with E-state index in [2.05, 4.69) is 15.3 Å². The van der Waals surface area contributed by atoms with Crippen LogP contribution in [0.1, 0.15) is 20.8 Å². The molecule has 0 fully saturated rings. The molecule has 0 aliphatic rings. The molecule has 0 bridgehead atoms. The molecule has 1 heterocycles. The second-order valence-corrected chi connectivity index (χ2v) is 4.44. The quantitative estimate of drug-likeness (QED) is 0.909. The van der Waals surface area contributed by atoms with Crippen molar-refractivity contribution < 1.29 is 14.7 Å². The zero-order chi connectivity index (χ0) is 14.7. The first-order valence-electron chi connectivity index (χ1n) is 5.29. The van der Waals surface area contributed by atoms with Crippen LogP contribution in [-0.4, -0.2) is 27.0 Å². The summed E-state index contributed by atoms with van der Waals surface area (Å²) in [5.41, 5.74) is -0.109. The summed E-state index contributed by atoms with van der Waals surface area (Å²) >= 11 is 11.4. The standard InChI is InChI=1S/C12H7Cl2N3O3/c13-6-2-1-3-7(10(6)12(19)20)17-11(18)8-4-16-9(14)5-15-8/h1-5H,(H,17,18)(H,19,20). The maximum absolute atomic E-state index is 11.9. The second-order valence-electron chi connectivity index (χ2n) is 3.65. The molecule has 1 aromatic heterocycles. The summed E-state index contributed by atoms with van der Waals surface area (Å²) in [6.07, 6.45) is 2.40. The Kier molecular flexibility index (Phi) is 4.16. The molecule has 8 heteroatoms. The van der Waals surface area contributed by atoms with Crippen molar-refractivity contribution in [3.05, 3.63) is 52.0 Å². The number of benzene rings is 1. The van der Waals surface area contributed by atoms with Crippen molar-refractivity contribution in [3.8, 4) is 0 Å². The molecule has 0 radical (unpaired) electrons. The average molecular weight is 312 g/mol. The van der Waals surface area contributed by atoms with Crippen molar-refractivity contribution in [2.75, 3.05) is 5.32 Å². The van der Waals surface area contributed by atoms with Gasteiger partial charge in [0.05, 0.1) is 23.1 Å². The molecule has 0 saturated heterocycles. The smallest absolute Gasteiger partial charge is 0.339 e. The van der Waals surface area contributed by atoms with Crippen LogP contribution in [0.5, 0.6) is 0 Å². The van der Waals surface area contributed by atoms with Gasteiger partial charge >= 0.3 is 5.97 Å². The number of aromatic carboxylic acids is 1. The Morgan fingerprint density at radius 3 is 2.50 bits per heavy atom. The predicted molar refractivity (Wildman–Crippen MR) is 73.4 cm³/mol. The molecule has 2 rings (SSSR count). The van der Waals surface area contributed by atoms with Crippen LogP contribution < -0.4 is 5.32 Å². The fraction of sp³-hybridized carbons (Fsp3) is 0. The number of hydrogen-bond donors (Lipinski definition) is 2. The van der Waals surface area contributed by atoms with Gasteiger partial charge < -0.3 is 10.4 Å². The lowest BCUT2D eigenvalue weighted by Crippen LogP contribution is -2.16. The summed E-state index contributed by atoms with van der Waals surface area (Å²) in [5.74, 6) is -1.85. The molecule has 0 aliphatic carbocycles.